The predicted octanol–water partition coefficient (Wildman–Crippen LogP) is 3.93. The van der Waals surface area contributed by atoms with Crippen molar-refractivity contribution in [3.05, 3.63) is 47.8 Å². The second kappa shape index (κ2) is 7.29. The number of anilines is 1. The van der Waals surface area contributed by atoms with E-state index in [1.54, 1.807) is 6.07 Å². The molecule has 9 heteroatoms. The first-order valence-electron chi connectivity index (χ1n) is 9.23. The molecule has 6 nitrogen and oxygen atoms in total. The van der Waals surface area contributed by atoms with Crippen LogP contribution in [0.1, 0.15) is 37.1 Å². The van der Waals surface area contributed by atoms with Crippen LogP contribution in [0.3, 0.4) is 0 Å². The van der Waals surface area contributed by atoms with Crippen LogP contribution in [0.2, 0.25) is 0 Å². The summed E-state index contributed by atoms with van der Waals surface area (Å²) in [4.78, 5) is 2.00. The van der Waals surface area contributed by atoms with Crippen LogP contribution in [0, 0.1) is 0 Å². The number of rotatable bonds is 4. The molecule has 0 bridgehead atoms. The Morgan fingerprint density at radius 1 is 1.04 bits per heavy atom. The van der Waals surface area contributed by atoms with Crippen LogP contribution in [0.15, 0.2) is 36.4 Å². The lowest BCUT2D eigenvalue weighted by Gasteiger charge is -2.33. The number of halogens is 3. The van der Waals surface area contributed by atoms with Gasteiger partial charge in [0.2, 0.25) is 0 Å². The molecule has 1 aliphatic heterocycles. The molecule has 2 aromatic heterocycles. The van der Waals surface area contributed by atoms with Gasteiger partial charge >= 0.3 is 6.18 Å². The normalized spacial score (nSPS) is 15.9. The lowest BCUT2D eigenvalue weighted by atomic mass is 9.89. The SMILES string of the molecule is CCOc1ccc(C2CCN(c3ccc4nnc(C(F)(F)F)n4n3)CC2)cc1. The molecule has 0 unspecified atom stereocenters. The molecule has 1 aromatic carbocycles. The number of nitrogens with zero attached hydrogens (tertiary/aromatic N) is 5. The highest BCUT2D eigenvalue weighted by Gasteiger charge is 2.37. The quantitative estimate of drug-likeness (QED) is 0.675. The average Bonchev–Trinajstić information content (AvgIpc) is 3.13. The van der Waals surface area contributed by atoms with Crippen molar-refractivity contribution in [1.82, 2.24) is 19.8 Å². The minimum atomic E-state index is -4.59. The maximum atomic E-state index is 13.1. The van der Waals surface area contributed by atoms with E-state index in [0.29, 0.717) is 18.3 Å². The Balaban J connectivity index is 1.47. The van der Waals surface area contributed by atoms with E-state index >= 15 is 0 Å². The number of piperidine rings is 1. The Kier molecular flexibility index (Phi) is 4.82. The highest BCUT2D eigenvalue weighted by molar-refractivity contribution is 5.46. The van der Waals surface area contributed by atoms with Crippen molar-refractivity contribution < 1.29 is 17.9 Å². The summed E-state index contributed by atoms with van der Waals surface area (Å²) in [6.45, 7) is 4.03. The molecule has 1 saturated heterocycles. The van der Waals surface area contributed by atoms with Crippen LogP contribution >= 0.6 is 0 Å². The molecule has 0 N–H and O–H groups in total. The molecule has 1 fully saturated rings. The van der Waals surface area contributed by atoms with Crippen molar-refractivity contribution in [2.24, 2.45) is 0 Å². The fourth-order valence-electron chi connectivity index (χ4n) is 3.57. The predicted molar refractivity (Wildman–Crippen MR) is 97.6 cm³/mol. The Hall–Kier alpha value is -2.84. The van der Waals surface area contributed by atoms with Crippen molar-refractivity contribution in [2.45, 2.75) is 31.9 Å². The van der Waals surface area contributed by atoms with E-state index in [1.165, 1.54) is 11.6 Å². The smallest absolute Gasteiger partial charge is 0.453 e. The van der Waals surface area contributed by atoms with Gasteiger partial charge in [-0.25, -0.2) is 0 Å². The van der Waals surface area contributed by atoms with E-state index in [0.717, 1.165) is 36.2 Å². The topological polar surface area (TPSA) is 55.5 Å². The van der Waals surface area contributed by atoms with Crippen LogP contribution in [0.5, 0.6) is 5.75 Å². The summed E-state index contributed by atoms with van der Waals surface area (Å²) in [5.74, 6) is 0.670. The largest absolute Gasteiger partial charge is 0.494 e. The fourth-order valence-corrected chi connectivity index (χ4v) is 3.57. The number of ether oxygens (including phenoxy) is 1. The zero-order valence-corrected chi connectivity index (χ0v) is 15.4. The molecule has 0 amide bonds. The summed E-state index contributed by atoms with van der Waals surface area (Å²) in [6.07, 6.45) is -2.78. The van der Waals surface area contributed by atoms with Crippen LogP contribution < -0.4 is 9.64 Å². The van der Waals surface area contributed by atoms with Gasteiger partial charge in [0.25, 0.3) is 5.82 Å². The van der Waals surface area contributed by atoms with Crippen LogP contribution in [-0.4, -0.2) is 39.5 Å². The maximum Gasteiger partial charge on any atom is 0.453 e. The molecule has 0 saturated carbocycles. The first-order valence-corrected chi connectivity index (χ1v) is 9.23. The third kappa shape index (κ3) is 3.61. The molecule has 1 aliphatic rings. The zero-order chi connectivity index (χ0) is 19.7. The molecule has 3 aromatic rings. The number of hydrogen-bond acceptors (Lipinski definition) is 5. The van der Waals surface area contributed by atoms with E-state index in [4.69, 9.17) is 4.74 Å². The number of aromatic nitrogens is 4. The zero-order valence-electron chi connectivity index (χ0n) is 15.4. The maximum absolute atomic E-state index is 13.1. The number of fused-ring (bicyclic) bond motifs is 1. The van der Waals surface area contributed by atoms with E-state index in [9.17, 15) is 13.2 Å². The van der Waals surface area contributed by atoms with E-state index in [1.807, 2.05) is 24.0 Å². The van der Waals surface area contributed by atoms with Crippen LogP contribution in [-0.2, 0) is 6.18 Å². The summed E-state index contributed by atoms with van der Waals surface area (Å²) in [5, 5.41) is 10.9. The monoisotopic (exact) mass is 391 g/mol. The lowest BCUT2D eigenvalue weighted by molar-refractivity contribution is -0.146. The first kappa shape index (κ1) is 18.5. The molecule has 4 rings (SSSR count). The molecule has 28 heavy (non-hydrogen) atoms. The number of alkyl halides is 3. The van der Waals surface area contributed by atoms with Crippen molar-refractivity contribution in [3.63, 3.8) is 0 Å². The molecule has 0 spiro atoms. The van der Waals surface area contributed by atoms with Gasteiger partial charge in [0.1, 0.15) is 11.6 Å². The van der Waals surface area contributed by atoms with E-state index in [-0.39, 0.29) is 5.65 Å². The second-order valence-electron chi connectivity index (χ2n) is 6.75. The summed E-state index contributed by atoms with van der Waals surface area (Å²) in [5.41, 5.74) is 1.34. The van der Waals surface area contributed by atoms with Gasteiger partial charge in [-0.05, 0) is 55.5 Å². The van der Waals surface area contributed by atoms with Crippen LogP contribution in [0.25, 0.3) is 5.65 Å². The van der Waals surface area contributed by atoms with Gasteiger partial charge < -0.3 is 9.64 Å². The van der Waals surface area contributed by atoms with Crippen LogP contribution in [0.4, 0.5) is 19.0 Å². The van der Waals surface area contributed by atoms with E-state index in [2.05, 4.69) is 27.4 Å². The molecular weight excluding hydrogens is 371 g/mol. The first-order chi connectivity index (χ1) is 13.5. The summed E-state index contributed by atoms with van der Waals surface area (Å²) >= 11 is 0. The highest BCUT2D eigenvalue weighted by atomic mass is 19.4. The molecule has 3 heterocycles. The van der Waals surface area contributed by atoms with Gasteiger partial charge in [-0.1, -0.05) is 12.1 Å². The van der Waals surface area contributed by atoms with Gasteiger partial charge in [0.05, 0.1) is 6.61 Å². The highest BCUT2D eigenvalue weighted by Crippen LogP contribution is 2.32. The summed E-state index contributed by atoms with van der Waals surface area (Å²) in [6, 6.07) is 11.3. The van der Waals surface area contributed by atoms with Crippen molar-refractivity contribution in [2.75, 3.05) is 24.6 Å². The molecular formula is C19H20F3N5O. The number of benzene rings is 1. The Bertz CT molecular complexity index is 946. The molecule has 0 radical (unpaired) electrons. The Morgan fingerprint density at radius 2 is 1.75 bits per heavy atom. The van der Waals surface area contributed by atoms with E-state index < -0.39 is 12.0 Å². The summed E-state index contributed by atoms with van der Waals surface area (Å²) in [7, 11) is 0. The molecule has 0 aliphatic carbocycles. The fraction of sp³-hybridized carbons (Fsp3) is 0.421. The van der Waals surface area contributed by atoms with Crippen molar-refractivity contribution >= 4 is 11.5 Å². The second-order valence-corrected chi connectivity index (χ2v) is 6.75. The van der Waals surface area contributed by atoms with Gasteiger partial charge in [-0.15, -0.1) is 15.3 Å². The lowest BCUT2D eigenvalue weighted by Crippen LogP contribution is -2.34. The van der Waals surface area contributed by atoms with Crippen molar-refractivity contribution in [3.8, 4) is 5.75 Å². The standard InChI is InChI=1S/C19H20F3N5O/c1-2-28-15-5-3-13(4-6-15)14-9-11-26(12-10-14)17-8-7-16-23-24-18(19(20,21)22)27(16)25-17/h3-8,14H,2,9-12H2,1H3. The minimum absolute atomic E-state index is 0.0837. The van der Waals surface area contributed by atoms with Crippen molar-refractivity contribution in [1.29, 1.82) is 0 Å². The summed E-state index contributed by atoms with van der Waals surface area (Å²) < 4.78 is 45.4. The molecule has 148 valence electrons. The minimum Gasteiger partial charge on any atom is -0.494 e. The third-order valence-corrected chi connectivity index (χ3v) is 4.98. The number of hydrogen-bond donors (Lipinski definition) is 0. The Labute approximate surface area is 159 Å². The van der Waals surface area contributed by atoms with Gasteiger partial charge in [-0.3, -0.25) is 0 Å². The Morgan fingerprint density at radius 3 is 2.39 bits per heavy atom. The van der Waals surface area contributed by atoms with Gasteiger partial charge in [-0.2, -0.15) is 17.7 Å². The third-order valence-electron chi connectivity index (χ3n) is 4.98. The van der Waals surface area contributed by atoms with Gasteiger partial charge in [0.15, 0.2) is 5.65 Å². The average molecular weight is 391 g/mol. The van der Waals surface area contributed by atoms with Gasteiger partial charge in [0, 0.05) is 13.1 Å². The molecule has 0 atom stereocenters.